The maximum atomic E-state index is 11.2. The highest BCUT2D eigenvalue weighted by Crippen LogP contribution is 2.42. The van der Waals surface area contributed by atoms with E-state index in [1.165, 1.54) is 6.07 Å². The standard InChI is InChI=1S/C19H19ClNO9P/c20-13-7-12(11-3-1-10(8-21)2-4-11)5-6-14(13)28-19-17(24)18(30-31(25,26)27)16(23)15(9-22)29-19/h1-7,15-19,22-24H,9H2,(H2,25,26,27)/t15-,16-,17+,18+,19+/m1/s1. The summed E-state index contributed by atoms with van der Waals surface area (Å²) in [4.78, 5) is 18.1. The fraction of sp³-hybridized carbons (Fsp3) is 0.316. The molecule has 0 aliphatic carbocycles. The Labute approximate surface area is 182 Å². The Balaban J connectivity index is 1.81. The lowest BCUT2D eigenvalue weighted by molar-refractivity contribution is -0.274. The number of benzene rings is 2. The minimum Gasteiger partial charge on any atom is -0.460 e. The smallest absolute Gasteiger partial charge is 0.460 e. The van der Waals surface area contributed by atoms with Crippen LogP contribution in [0.25, 0.3) is 11.1 Å². The van der Waals surface area contributed by atoms with Crippen molar-refractivity contribution in [1.82, 2.24) is 0 Å². The van der Waals surface area contributed by atoms with E-state index in [4.69, 9.17) is 36.1 Å². The van der Waals surface area contributed by atoms with Gasteiger partial charge in [-0.25, -0.2) is 4.57 Å². The molecule has 5 atom stereocenters. The van der Waals surface area contributed by atoms with Crippen LogP contribution in [0.3, 0.4) is 0 Å². The first-order valence-electron chi connectivity index (χ1n) is 8.96. The summed E-state index contributed by atoms with van der Waals surface area (Å²) in [5.41, 5.74) is 2.02. The summed E-state index contributed by atoms with van der Waals surface area (Å²) >= 11 is 6.28. The number of hydrogen-bond donors (Lipinski definition) is 5. The van der Waals surface area contributed by atoms with Gasteiger partial charge in [0.1, 0.15) is 30.2 Å². The molecule has 1 heterocycles. The molecule has 1 fully saturated rings. The quantitative estimate of drug-likeness (QED) is 0.385. The zero-order valence-corrected chi connectivity index (χ0v) is 17.4. The molecular weight excluding hydrogens is 453 g/mol. The minimum absolute atomic E-state index is 0.0751. The van der Waals surface area contributed by atoms with Crippen LogP contribution in [-0.4, -0.2) is 62.4 Å². The largest absolute Gasteiger partial charge is 0.470 e. The van der Waals surface area contributed by atoms with E-state index in [1.807, 2.05) is 6.07 Å². The van der Waals surface area contributed by atoms with Crippen LogP contribution in [0.5, 0.6) is 5.75 Å². The number of aliphatic hydroxyl groups excluding tert-OH is 3. The van der Waals surface area contributed by atoms with Crippen LogP contribution in [0.1, 0.15) is 5.56 Å². The molecule has 0 radical (unpaired) electrons. The topological polar surface area (TPSA) is 170 Å². The molecule has 2 aromatic carbocycles. The van der Waals surface area contributed by atoms with E-state index in [0.717, 1.165) is 11.1 Å². The van der Waals surface area contributed by atoms with Crippen LogP contribution in [0, 0.1) is 11.3 Å². The molecule has 3 rings (SSSR count). The summed E-state index contributed by atoms with van der Waals surface area (Å²) < 4.78 is 26.5. The Kier molecular flexibility index (Phi) is 7.34. The van der Waals surface area contributed by atoms with Crippen LogP contribution in [0.4, 0.5) is 0 Å². The van der Waals surface area contributed by atoms with Crippen molar-refractivity contribution in [1.29, 1.82) is 5.26 Å². The lowest BCUT2D eigenvalue weighted by Gasteiger charge is -2.41. The molecule has 0 bridgehead atoms. The normalized spacial score (nSPS) is 26.3. The summed E-state index contributed by atoms with van der Waals surface area (Å²) in [5.74, 6) is 0.0751. The van der Waals surface area contributed by atoms with Gasteiger partial charge in [-0.05, 0) is 35.4 Å². The predicted molar refractivity (Wildman–Crippen MR) is 107 cm³/mol. The number of halogens is 1. The molecule has 1 aliphatic rings. The van der Waals surface area contributed by atoms with Gasteiger partial charge in [0, 0.05) is 0 Å². The first-order chi connectivity index (χ1) is 14.6. The Morgan fingerprint density at radius 2 is 1.74 bits per heavy atom. The first-order valence-corrected chi connectivity index (χ1v) is 10.9. The Morgan fingerprint density at radius 3 is 2.29 bits per heavy atom. The maximum Gasteiger partial charge on any atom is 0.470 e. The highest BCUT2D eigenvalue weighted by molar-refractivity contribution is 7.46. The lowest BCUT2D eigenvalue weighted by Crippen LogP contribution is -2.60. The molecule has 31 heavy (non-hydrogen) atoms. The van der Waals surface area contributed by atoms with Gasteiger partial charge in [0.25, 0.3) is 0 Å². The highest BCUT2D eigenvalue weighted by Gasteiger charge is 2.48. The van der Waals surface area contributed by atoms with E-state index in [2.05, 4.69) is 4.52 Å². The summed E-state index contributed by atoms with van der Waals surface area (Å²) in [5, 5.41) is 38.9. The van der Waals surface area contributed by atoms with Crippen molar-refractivity contribution in [3.05, 3.63) is 53.1 Å². The van der Waals surface area contributed by atoms with E-state index >= 15 is 0 Å². The fourth-order valence-corrected chi connectivity index (χ4v) is 3.86. The molecule has 5 N–H and O–H groups in total. The molecule has 12 heteroatoms. The SMILES string of the molecule is N#Cc1ccc(-c2ccc(O[C@H]3O[C@H](CO)[C@@H](O)[C@H](OP(=O)(O)O)[C@@H]3O)c(Cl)c2)cc1. The van der Waals surface area contributed by atoms with Gasteiger partial charge in [-0.3, -0.25) is 4.52 Å². The molecule has 10 nitrogen and oxygen atoms in total. The zero-order valence-electron chi connectivity index (χ0n) is 15.8. The van der Waals surface area contributed by atoms with Crippen molar-refractivity contribution in [3.8, 4) is 22.9 Å². The van der Waals surface area contributed by atoms with E-state index in [1.54, 1.807) is 36.4 Å². The van der Waals surface area contributed by atoms with Crippen molar-refractivity contribution in [2.24, 2.45) is 0 Å². The lowest BCUT2D eigenvalue weighted by atomic mass is 9.99. The number of rotatable bonds is 6. The zero-order chi connectivity index (χ0) is 22.8. The van der Waals surface area contributed by atoms with Crippen molar-refractivity contribution in [3.63, 3.8) is 0 Å². The molecule has 2 aromatic rings. The van der Waals surface area contributed by atoms with E-state index in [9.17, 15) is 19.9 Å². The Morgan fingerprint density at radius 1 is 1.10 bits per heavy atom. The third-order valence-electron chi connectivity index (χ3n) is 4.60. The van der Waals surface area contributed by atoms with Crippen molar-refractivity contribution in [2.45, 2.75) is 30.7 Å². The Bertz CT molecular complexity index is 1010. The van der Waals surface area contributed by atoms with Crippen LogP contribution < -0.4 is 4.74 Å². The average molecular weight is 472 g/mol. The monoisotopic (exact) mass is 471 g/mol. The second-order valence-corrected chi connectivity index (χ2v) is 8.32. The molecule has 0 saturated carbocycles. The number of aliphatic hydroxyl groups is 3. The summed E-state index contributed by atoms with van der Waals surface area (Å²) in [6, 6.07) is 13.6. The minimum atomic E-state index is -5.07. The number of nitriles is 1. The molecule has 0 aromatic heterocycles. The molecular formula is C19H19ClNO9P. The van der Waals surface area contributed by atoms with Gasteiger partial charge in [0.15, 0.2) is 0 Å². The van der Waals surface area contributed by atoms with Gasteiger partial charge in [-0.1, -0.05) is 29.8 Å². The summed E-state index contributed by atoms with van der Waals surface area (Å²) in [7, 11) is -5.07. The highest BCUT2D eigenvalue weighted by atomic mass is 35.5. The van der Waals surface area contributed by atoms with Crippen LogP contribution >= 0.6 is 19.4 Å². The van der Waals surface area contributed by atoms with Crippen molar-refractivity contribution < 1.29 is 43.7 Å². The number of nitrogens with zero attached hydrogens (tertiary/aromatic N) is 1. The molecule has 0 amide bonds. The summed E-state index contributed by atoms with van der Waals surface area (Å²) in [6.45, 7) is -0.722. The first kappa shape index (κ1) is 23.6. The number of phosphoric ester groups is 1. The summed E-state index contributed by atoms with van der Waals surface area (Å²) in [6.07, 6.45) is -8.19. The van der Waals surface area contributed by atoms with Gasteiger partial charge in [-0.15, -0.1) is 0 Å². The fourth-order valence-electron chi connectivity index (χ4n) is 3.07. The van der Waals surface area contributed by atoms with Gasteiger partial charge < -0.3 is 34.6 Å². The average Bonchev–Trinajstić information content (AvgIpc) is 2.73. The molecule has 166 valence electrons. The maximum absolute atomic E-state index is 11.2. The van der Waals surface area contributed by atoms with Gasteiger partial charge in [0.05, 0.1) is 23.3 Å². The molecule has 0 unspecified atom stereocenters. The second-order valence-electron chi connectivity index (χ2n) is 6.72. The Hall–Kier alpha value is -2.03. The molecule has 1 aliphatic heterocycles. The van der Waals surface area contributed by atoms with Crippen LogP contribution in [-0.2, 0) is 13.8 Å². The number of phosphoric acid groups is 1. The van der Waals surface area contributed by atoms with E-state index in [-0.39, 0.29) is 10.8 Å². The number of hydrogen-bond acceptors (Lipinski definition) is 8. The molecule has 1 saturated heterocycles. The van der Waals surface area contributed by atoms with Gasteiger partial charge in [0.2, 0.25) is 6.29 Å². The van der Waals surface area contributed by atoms with Gasteiger partial charge >= 0.3 is 7.82 Å². The molecule has 0 spiro atoms. The van der Waals surface area contributed by atoms with Crippen LogP contribution in [0.2, 0.25) is 5.02 Å². The van der Waals surface area contributed by atoms with Crippen molar-refractivity contribution in [2.75, 3.05) is 6.61 Å². The third kappa shape index (κ3) is 5.61. The van der Waals surface area contributed by atoms with Crippen LogP contribution in [0.15, 0.2) is 42.5 Å². The number of ether oxygens (including phenoxy) is 2. The van der Waals surface area contributed by atoms with E-state index in [0.29, 0.717) is 5.56 Å². The predicted octanol–water partition coefficient (Wildman–Crippen LogP) is 1.17. The van der Waals surface area contributed by atoms with Crippen molar-refractivity contribution >= 4 is 19.4 Å². The second kappa shape index (κ2) is 9.63. The van der Waals surface area contributed by atoms with Gasteiger partial charge in [-0.2, -0.15) is 5.26 Å². The van der Waals surface area contributed by atoms with E-state index < -0.39 is 45.1 Å². The third-order valence-corrected chi connectivity index (χ3v) is 5.42.